The van der Waals surface area contributed by atoms with Crippen LogP contribution in [0.15, 0.2) is 64.6 Å². The van der Waals surface area contributed by atoms with Crippen molar-refractivity contribution in [1.29, 1.82) is 5.26 Å². The highest BCUT2D eigenvalue weighted by atomic mass is 79.9. The number of carbonyl (C=O) groups excluding carboxylic acids is 1. The second-order valence-corrected chi connectivity index (χ2v) is 8.93. The molecule has 0 unspecified atom stereocenters. The Morgan fingerprint density at radius 2 is 1.88 bits per heavy atom. The number of carbonyl (C=O) groups is 1. The molecule has 1 N–H and O–H groups in total. The lowest BCUT2D eigenvalue weighted by molar-refractivity contribution is -0.112. The number of nitrogens with zero attached hydrogens (tertiary/aromatic N) is 1. The maximum atomic E-state index is 12.6. The molecule has 5 nitrogen and oxygen atoms in total. The van der Waals surface area contributed by atoms with Gasteiger partial charge in [-0.1, -0.05) is 48.3 Å². The highest BCUT2D eigenvalue weighted by molar-refractivity contribution is 9.10. The molecule has 34 heavy (non-hydrogen) atoms. The third-order valence-electron chi connectivity index (χ3n) is 4.94. The predicted octanol–water partition coefficient (Wildman–Crippen LogP) is 7.45. The lowest BCUT2D eigenvalue weighted by atomic mass is 10.1. The van der Waals surface area contributed by atoms with Gasteiger partial charge in [-0.3, -0.25) is 4.79 Å². The molecule has 0 fully saturated rings. The van der Waals surface area contributed by atoms with E-state index in [9.17, 15) is 10.1 Å². The summed E-state index contributed by atoms with van der Waals surface area (Å²) in [7, 11) is 1.51. The molecule has 0 saturated carbocycles. The number of anilines is 1. The van der Waals surface area contributed by atoms with E-state index >= 15 is 0 Å². The van der Waals surface area contributed by atoms with Gasteiger partial charge in [-0.05, 0) is 76.0 Å². The van der Waals surface area contributed by atoms with Crippen molar-refractivity contribution >= 4 is 56.8 Å². The number of aryl methyl sites for hydroxylation is 1. The lowest BCUT2D eigenvalue weighted by Crippen LogP contribution is -2.13. The summed E-state index contributed by atoms with van der Waals surface area (Å²) in [6.07, 6.45) is 2.39. The Labute approximate surface area is 217 Å². The zero-order valence-corrected chi connectivity index (χ0v) is 21.6. The second kappa shape index (κ2) is 11.9. The highest BCUT2D eigenvalue weighted by Crippen LogP contribution is 2.38. The Morgan fingerprint density at radius 3 is 2.50 bits per heavy atom. The van der Waals surface area contributed by atoms with E-state index in [0.717, 1.165) is 17.5 Å². The minimum absolute atomic E-state index is 0.0462. The van der Waals surface area contributed by atoms with Crippen molar-refractivity contribution in [3.8, 4) is 17.6 Å². The zero-order valence-electron chi connectivity index (χ0n) is 18.5. The van der Waals surface area contributed by atoms with E-state index in [0.29, 0.717) is 37.3 Å². The van der Waals surface area contributed by atoms with E-state index < -0.39 is 5.91 Å². The van der Waals surface area contributed by atoms with Crippen LogP contribution in [-0.2, 0) is 17.8 Å². The van der Waals surface area contributed by atoms with E-state index in [2.05, 4.69) is 28.2 Å². The second-order valence-electron chi connectivity index (χ2n) is 7.23. The van der Waals surface area contributed by atoms with Gasteiger partial charge in [0, 0.05) is 21.3 Å². The fourth-order valence-corrected chi connectivity index (χ4v) is 4.13. The quantitative estimate of drug-likeness (QED) is 0.230. The molecule has 8 heteroatoms. The smallest absolute Gasteiger partial charge is 0.266 e. The molecule has 0 radical (unpaired) electrons. The van der Waals surface area contributed by atoms with Crippen LogP contribution in [0.3, 0.4) is 0 Å². The van der Waals surface area contributed by atoms with Crippen molar-refractivity contribution in [2.24, 2.45) is 0 Å². The van der Waals surface area contributed by atoms with Gasteiger partial charge >= 0.3 is 0 Å². The van der Waals surface area contributed by atoms with Crippen LogP contribution in [0, 0.1) is 11.3 Å². The summed E-state index contributed by atoms with van der Waals surface area (Å²) < 4.78 is 12.0. The standard InChI is InChI=1S/C26H21BrCl2N2O3/c1-3-16-4-8-21(9-5-16)31-26(32)19(14-30)10-17-11-22(27)25(24(12-17)33-2)34-15-18-6-7-20(28)13-23(18)29/h4-13H,3,15H2,1-2H3,(H,31,32)/b19-10-. The molecule has 174 valence electrons. The molecule has 0 aliphatic carbocycles. The molecule has 3 aromatic rings. The van der Waals surface area contributed by atoms with E-state index in [-0.39, 0.29) is 12.2 Å². The first-order valence-corrected chi connectivity index (χ1v) is 11.9. The predicted molar refractivity (Wildman–Crippen MR) is 140 cm³/mol. The van der Waals surface area contributed by atoms with Crippen molar-refractivity contribution in [2.45, 2.75) is 20.0 Å². The number of amides is 1. The summed E-state index contributed by atoms with van der Waals surface area (Å²) in [5.41, 5.74) is 3.08. The van der Waals surface area contributed by atoms with Crippen molar-refractivity contribution in [3.05, 3.63) is 91.4 Å². The van der Waals surface area contributed by atoms with E-state index in [1.54, 1.807) is 30.3 Å². The summed E-state index contributed by atoms with van der Waals surface area (Å²) in [6, 6.07) is 18.0. The van der Waals surface area contributed by atoms with E-state index in [4.69, 9.17) is 32.7 Å². The minimum atomic E-state index is -0.500. The van der Waals surface area contributed by atoms with Gasteiger partial charge in [0.1, 0.15) is 18.2 Å². The number of rotatable bonds is 8. The minimum Gasteiger partial charge on any atom is -0.493 e. The third-order valence-corrected chi connectivity index (χ3v) is 6.11. The molecule has 0 saturated heterocycles. The monoisotopic (exact) mass is 558 g/mol. The summed E-state index contributed by atoms with van der Waals surface area (Å²) in [5.74, 6) is 0.391. The van der Waals surface area contributed by atoms with Gasteiger partial charge in [-0.2, -0.15) is 5.26 Å². The first-order chi connectivity index (χ1) is 16.3. The van der Waals surface area contributed by atoms with Gasteiger partial charge in [0.2, 0.25) is 0 Å². The normalized spacial score (nSPS) is 11.0. The first-order valence-electron chi connectivity index (χ1n) is 10.3. The number of halogens is 3. The maximum absolute atomic E-state index is 12.6. The molecule has 0 atom stereocenters. The van der Waals surface area contributed by atoms with Crippen molar-refractivity contribution in [1.82, 2.24) is 0 Å². The Balaban J connectivity index is 1.80. The molecule has 3 aromatic carbocycles. The molecule has 0 bridgehead atoms. The van der Waals surface area contributed by atoms with Crippen LogP contribution in [0.5, 0.6) is 11.5 Å². The molecule has 0 aliphatic rings. The summed E-state index contributed by atoms with van der Waals surface area (Å²) in [5, 5.41) is 13.3. The summed E-state index contributed by atoms with van der Waals surface area (Å²) in [4.78, 5) is 12.6. The van der Waals surface area contributed by atoms with E-state index in [1.807, 2.05) is 30.3 Å². The van der Waals surface area contributed by atoms with Crippen LogP contribution in [-0.4, -0.2) is 13.0 Å². The molecule has 1 amide bonds. The van der Waals surface area contributed by atoms with Crippen LogP contribution < -0.4 is 14.8 Å². The molecular formula is C26H21BrCl2N2O3. The molecule has 0 heterocycles. The molecule has 0 spiro atoms. The van der Waals surface area contributed by atoms with Crippen LogP contribution in [0.25, 0.3) is 6.08 Å². The molecule has 0 aromatic heterocycles. The highest BCUT2D eigenvalue weighted by Gasteiger charge is 2.15. The zero-order chi connectivity index (χ0) is 24.7. The summed E-state index contributed by atoms with van der Waals surface area (Å²) >= 11 is 15.7. The number of methoxy groups -OCH3 is 1. The largest absolute Gasteiger partial charge is 0.493 e. The Kier molecular flexibility index (Phi) is 9.00. The average Bonchev–Trinajstić information content (AvgIpc) is 2.82. The Hall–Kier alpha value is -2.98. The number of ether oxygens (including phenoxy) is 2. The van der Waals surface area contributed by atoms with Gasteiger partial charge < -0.3 is 14.8 Å². The maximum Gasteiger partial charge on any atom is 0.266 e. The topological polar surface area (TPSA) is 71.4 Å². The molecule has 0 aliphatic heterocycles. The number of hydrogen-bond acceptors (Lipinski definition) is 4. The third kappa shape index (κ3) is 6.54. The lowest BCUT2D eigenvalue weighted by Gasteiger charge is -2.14. The van der Waals surface area contributed by atoms with Crippen molar-refractivity contribution in [2.75, 3.05) is 12.4 Å². The Bertz CT molecular complexity index is 1270. The fourth-order valence-electron chi connectivity index (χ4n) is 3.09. The van der Waals surface area contributed by atoms with Gasteiger partial charge in [0.25, 0.3) is 5.91 Å². The van der Waals surface area contributed by atoms with Gasteiger partial charge in [0.05, 0.1) is 11.6 Å². The van der Waals surface area contributed by atoms with Crippen LogP contribution in [0.4, 0.5) is 5.69 Å². The van der Waals surface area contributed by atoms with E-state index in [1.165, 1.54) is 13.2 Å². The van der Waals surface area contributed by atoms with Crippen LogP contribution in [0.2, 0.25) is 10.0 Å². The summed E-state index contributed by atoms with van der Waals surface area (Å²) in [6.45, 7) is 2.25. The van der Waals surface area contributed by atoms with Gasteiger partial charge in [-0.15, -0.1) is 0 Å². The number of nitrogens with one attached hydrogen (secondary N) is 1. The van der Waals surface area contributed by atoms with Crippen LogP contribution >= 0.6 is 39.1 Å². The number of benzene rings is 3. The van der Waals surface area contributed by atoms with Gasteiger partial charge in [-0.25, -0.2) is 0 Å². The van der Waals surface area contributed by atoms with Crippen LogP contribution in [0.1, 0.15) is 23.6 Å². The fraction of sp³-hybridized carbons (Fsp3) is 0.154. The first kappa shape index (κ1) is 25.6. The van der Waals surface area contributed by atoms with Crippen molar-refractivity contribution < 1.29 is 14.3 Å². The number of hydrogen-bond donors (Lipinski definition) is 1. The molecular weight excluding hydrogens is 539 g/mol. The average molecular weight is 560 g/mol. The number of nitriles is 1. The Morgan fingerprint density at radius 1 is 1.15 bits per heavy atom. The van der Waals surface area contributed by atoms with Crippen molar-refractivity contribution in [3.63, 3.8) is 0 Å². The SMILES string of the molecule is CCc1ccc(NC(=O)/C(C#N)=C\c2cc(Br)c(OCc3ccc(Cl)cc3Cl)c(OC)c2)cc1. The van der Waals surface area contributed by atoms with Gasteiger partial charge in [0.15, 0.2) is 11.5 Å². The molecule has 3 rings (SSSR count).